The summed E-state index contributed by atoms with van der Waals surface area (Å²) in [4.78, 5) is 34.2. The quantitative estimate of drug-likeness (QED) is 0.777. The molecule has 7 nitrogen and oxygen atoms in total. The van der Waals surface area contributed by atoms with Crippen molar-refractivity contribution < 1.29 is 9.59 Å². The maximum Gasteiger partial charge on any atom is 0.251 e. The second-order valence-electron chi connectivity index (χ2n) is 9.72. The van der Waals surface area contributed by atoms with Crippen LogP contribution in [-0.4, -0.2) is 47.4 Å². The van der Waals surface area contributed by atoms with Crippen molar-refractivity contribution in [2.24, 2.45) is 5.92 Å². The normalized spacial score (nSPS) is 22.7. The Balaban J connectivity index is 1.34. The molecule has 0 radical (unpaired) electrons. The third kappa shape index (κ3) is 3.22. The summed E-state index contributed by atoms with van der Waals surface area (Å²) in [6.45, 7) is 4.89. The van der Waals surface area contributed by atoms with E-state index in [9.17, 15) is 9.59 Å². The van der Waals surface area contributed by atoms with E-state index in [0.29, 0.717) is 24.1 Å². The highest BCUT2D eigenvalue weighted by atomic mass is 16.2. The van der Waals surface area contributed by atoms with E-state index in [1.165, 1.54) is 0 Å². The molecule has 2 saturated carbocycles. The van der Waals surface area contributed by atoms with Gasteiger partial charge in [-0.3, -0.25) is 9.59 Å². The Labute approximate surface area is 188 Å². The molecule has 2 aliphatic heterocycles. The number of piperazine rings is 1. The molecule has 1 aromatic carbocycles. The third-order valence-electron chi connectivity index (χ3n) is 7.30. The van der Waals surface area contributed by atoms with Crippen LogP contribution in [0.1, 0.15) is 60.1 Å². The first-order valence-electron chi connectivity index (χ1n) is 11.8. The van der Waals surface area contributed by atoms with Crippen LogP contribution in [-0.2, 0) is 11.3 Å². The van der Waals surface area contributed by atoms with Crippen molar-refractivity contribution in [3.8, 4) is 11.1 Å². The smallest absolute Gasteiger partial charge is 0.251 e. The van der Waals surface area contributed by atoms with Crippen LogP contribution in [0.2, 0.25) is 0 Å². The molecule has 1 atom stereocenters. The van der Waals surface area contributed by atoms with E-state index in [0.717, 1.165) is 79.1 Å². The van der Waals surface area contributed by atoms with Gasteiger partial charge in [0.05, 0.1) is 11.4 Å². The highest BCUT2D eigenvalue weighted by Gasteiger charge is 2.38. The summed E-state index contributed by atoms with van der Waals surface area (Å²) in [5.74, 6) is 1.83. The molecule has 2 aromatic rings. The van der Waals surface area contributed by atoms with Crippen molar-refractivity contribution in [1.82, 2.24) is 15.2 Å². The van der Waals surface area contributed by atoms with Crippen molar-refractivity contribution in [3.63, 3.8) is 0 Å². The van der Waals surface area contributed by atoms with Crippen molar-refractivity contribution in [1.29, 1.82) is 0 Å². The fraction of sp³-hybridized carbons (Fsp3) is 0.480. The summed E-state index contributed by atoms with van der Waals surface area (Å²) >= 11 is 0. The SMILES string of the molecule is C[C@@H]1CN(c2nc(C3CC3)c(-c3cccc4c3CNC4=O)cc2N)CCN1C(=O)C1CC1. The van der Waals surface area contributed by atoms with Gasteiger partial charge in [-0.2, -0.15) is 0 Å². The average Bonchev–Trinajstić information content (AvgIpc) is 3.71. The topological polar surface area (TPSA) is 91.6 Å². The van der Waals surface area contributed by atoms with Gasteiger partial charge in [0.2, 0.25) is 5.91 Å². The Hall–Kier alpha value is -3.09. The van der Waals surface area contributed by atoms with Gasteiger partial charge in [0, 0.05) is 55.2 Å². The van der Waals surface area contributed by atoms with Gasteiger partial charge in [0.15, 0.2) is 5.82 Å². The number of amides is 2. The molecule has 6 rings (SSSR count). The van der Waals surface area contributed by atoms with Crippen molar-refractivity contribution in [3.05, 3.63) is 41.1 Å². The van der Waals surface area contributed by atoms with Crippen LogP contribution >= 0.6 is 0 Å². The van der Waals surface area contributed by atoms with Crippen molar-refractivity contribution in [2.75, 3.05) is 30.3 Å². The number of fused-ring (bicyclic) bond motifs is 1. The van der Waals surface area contributed by atoms with E-state index >= 15 is 0 Å². The molecule has 0 spiro atoms. The van der Waals surface area contributed by atoms with Crippen molar-refractivity contribution in [2.45, 2.75) is 51.1 Å². The van der Waals surface area contributed by atoms with E-state index < -0.39 is 0 Å². The van der Waals surface area contributed by atoms with Gasteiger partial charge in [0.1, 0.15) is 0 Å². The molecule has 7 heteroatoms. The molecule has 3 heterocycles. The molecule has 2 amide bonds. The Morgan fingerprint density at radius 3 is 2.62 bits per heavy atom. The fourth-order valence-corrected chi connectivity index (χ4v) is 5.22. The number of pyridine rings is 1. The molecule has 32 heavy (non-hydrogen) atoms. The maximum absolute atomic E-state index is 12.6. The number of rotatable bonds is 4. The summed E-state index contributed by atoms with van der Waals surface area (Å²) in [5, 5.41) is 2.94. The number of nitrogens with zero attached hydrogens (tertiary/aromatic N) is 3. The molecule has 0 bridgehead atoms. The van der Waals surface area contributed by atoms with Gasteiger partial charge in [-0.15, -0.1) is 0 Å². The van der Waals surface area contributed by atoms with E-state index in [1.54, 1.807) is 0 Å². The zero-order valence-electron chi connectivity index (χ0n) is 18.4. The zero-order valence-corrected chi connectivity index (χ0v) is 18.4. The van der Waals surface area contributed by atoms with E-state index in [2.05, 4.69) is 29.3 Å². The number of carbonyl (C=O) groups is 2. The van der Waals surface area contributed by atoms with Crippen LogP contribution in [0, 0.1) is 5.92 Å². The van der Waals surface area contributed by atoms with Crippen LogP contribution in [0.5, 0.6) is 0 Å². The first-order valence-corrected chi connectivity index (χ1v) is 11.8. The molecule has 2 aliphatic carbocycles. The summed E-state index contributed by atoms with van der Waals surface area (Å²) in [7, 11) is 0. The molecule has 1 saturated heterocycles. The maximum atomic E-state index is 12.6. The number of anilines is 2. The average molecular weight is 432 g/mol. The van der Waals surface area contributed by atoms with E-state index in [1.807, 2.05) is 17.0 Å². The number of aromatic nitrogens is 1. The van der Waals surface area contributed by atoms with Gasteiger partial charge in [-0.05, 0) is 55.9 Å². The van der Waals surface area contributed by atoms with Crippen LogP contribution in [0.4, 0.5) is 11.5 Å². The van der Waals surface area contributed by atoms with Crippen LogP contribution in [0.15, 0.2) is 24.3 Å². The number of nitrogen functional groups attached to an aromatic ring is 1. The number of carbonyl (C=O) groups excluding carboxylic acids is 2. The second-order valence-corrected chi connectivity index (χ2v) is 9.72. The van der Waals surface area contributed by atoms with Gasteiger partial charge in [-0.25, -0.2) is 4.98 Å². The largest absolute Gasteiger partial charge is 0.396 e. The minimum absolute atomic E-state index is 0.0139. The van der Waals surface area contributed by atoms with Gasteiger partial charge in [0.25, 0.3) is 5.91 Å². The highest BCUT2D eigenvalue weighted by molar-refractivity contribution is 6.00. The molecular weight excluding hydrogens is 402 g/mol. The number of nitrogens with two attached hydrogens (primary N) is 1. The van der Waals surface area contributed by atoms with Crippen molar-refractivity contribution >= 4 is 23.3 Å². The number of benzene rings is 1. The fourth-order valence-electron chi connectivity index (χ4n) is 5.22. The minimum Gasteiger partial charge on any atom is -0.396 e. The van der Waals surface area contributed by atoms with Crippen LogP contribution in [0.3, 0.4) is 0 Å². The molecule has 0 unspecified atom stereocenters. The molecule has 4 aliphatic rings. The number of hydrogen-bond acceptors (Lipinski definition) is 5. The molecule has 1 aromatic heterocycles. The van der Waals surface area contributed by atoms with Gasteiger partial charge in [-0.1, -0.05) is 12.1 Å². The summed E-state index contributed by atoms with van der Waals surface area (Å²) < 4.78 is 0. The predicted molar refractivity (Wildman–Crippen MR) is 123 cm³/mol. The van der Waals surface area contributed by atoms with E-state index in [-0.39, 0.29) is 17.9 Å². The minimum atomic E-state index is -0.0139. The monoisotopic (exact) mass is 431 g/mol. The number of hydrogen-bond donors (Lipinski definition) is 2. The zero-order chi connectivity index (χ0) is 22.0. The van der Waals surface area contributed by atoms with Gasteiger partial charge < -0.3 is 20.9 Å². The predicted octanol–water partition coefficient (Wildman–Crippen LogP) is 2.90. The first kappa shape index (κ1) is 19.6. The highest BCUT2D eigenvalue weighted by Crippen LogP contribution is 2.46. The lowest BCUT2D eigenvalue weighted by atomic mass is 9.94. The second kappa shape index (κ2) is 7.22. The Kier molecular flexibility index (Phi) is 4.42. The molecular formula is C25H29N5O2. The Morgan fingerprint density at radius 1 is 1.12 bits per heavy atom. The Morgan fingerprint density at radius 2 is 1.91 bits per heavy atom. The lowest BCUT2D eigenvalue weighted by Gasteiger charge is -2.41. The lowest BCUT2D eigenvalue weighted by Crippen LogP contribution is -2.54. The van der Waals surface area contributed by atoms with Crippen LogP contribution < -0.4 is 16.0 Å². The summed E-state index contributed by atoms with van der Waals surface area (Å²) in [5.41, 5.74) is 12.2. The third-order valence-corrected chi connectivity index (χ3v) is 7.30. The standard InChI is InChI=1S/C25H29N5O2/c1-14-13-29(9-10-30(14)25(32)16-7-8-16)23-21(26)11-19(22(28-23)15-5-6-15)17-3-2-4-18-20(17)12-27-24(18)31/h2-4,11,14-16H,5-10,12-13,26H2,1H3,(H,27,31)/t14-/m1/s1. The lowest BCUT2D eigenvalue weighted by molar-refractivity contribution is -0.134. The van der Waals surface area contributed by atoms with Gasteiger partial charge >= 0.3 is 0 Å². The Bertz CT molecular complexity index is 1120. The first-order chi connectivity index (χ1) is 15.5. The molecule has 166 valence electrons. The molecule has 3 fully saturated rings. The van der Waals surface area contributed by atoms with E-state index in [4.69, 9.17) is 10.7 Å². The molecule has 3 N–H and O–H groups in total. The summed E-state index contributed by atoms with van der Waals surface area (Å²) in [6.07, 6.45) is 4.35. The van der Waals surface area contributed by atoms with Crippen LogP contribution in [0.25, 0.3) is 11.1 Å². The summed E-state index contributed by atoms with van der Waals surface area (Å²) in [6, 6.07) is 8.10. The number of nitrogens with one attached hydrogen (secondary N) is 1.